The van der Waals surface area contributed by atoms with Crippen LogP contribution in [0.1, 0.15) is 36.6 Å². The average molecular weight is 729 g/mol. The second-order valence-electron chi connectivity index (χ2n) is 10.2. The number of nitro benzene ring substituents is 1. The van der Waals surface area contributed by atoms with E-state index in [-0.39, 0.29) is 24.5 Å². The van der Waals surface area contributed by atoms with Crippen LogP contribution in [0.25, 0.3) is 0 Å². The van der Waals surface area contributed by atoms with Crippen molar-refractivity contribution in [2.24, 2.45) is 5.10 Å². The van der Waals surface area contributed by atoms with E-state index in [9.17, 15) is 24.8 Å². The van der Waals surface area contributed by atoms with Crippen LogP contribution >= 0.6 is 15.9 Å². The van der Waals surface area contributed by atoms with Crippen LogP contribution in [0, 0.1) is 10.1 Å². The van der Waals surface area contributed by atoms with Crippen LogP contribution in [-0.4, -0.2) is 61.9 Å². The second kappa shape index (κ2) is 16.5. The van der Waals surface area contributed by atoms with Gasteiger partial charge in [-0.2, -0.15) is 5.10 Å². The van der Waals surface area contributed by atoms with Gasteiger partial charge in [0, 0.05) is 27.9 Å². The van der Waals surface area contributed by atoms with Crippen molar-refractivity contribution >= 4 is 39.8 Å². The second-order valence-corrected chi connectivity index (χ2v) is 11.0. The molecular weight excluding hydrogens is 694 g/mol. The topological polar surface area (TPSA) is 192 Å². The molecule has 0 unspecified atom stereocenters. The van der Waals surface area contributed by atoms with Crippen molar-refractivity contribution in [1.82, 2.24) is 16.1 Å². The van der Waals surface area contributed by atoms with Gasteiger partial charge in [0.25, 0.3) is 5.69 Å². The lowest BCUT2D eigenvalue weighted by atomic mass is 9.95. The molecule has 15 nitrogen and oxygen atoms in total. The van der Waals surface area contributed by atoms with Gasteiger partial charge in [-0.1, -0.05) is 18.2 Å². The van der Waals surface area contributed by atoms with Gasteiger partial charge in [-0.15, -0.1) is 0 Å². The van der Waals surface area contributed by atoms with Crippen LogP contribution in [0.15, 0.2) is 75.4 Å². The monoisotopic (exact) mass is 727 g/mol. The summed E-state index contributed by atoms with van der Waals surface area (Å²) in [5.41, 5.74) is 4.96. The number of amides is 2. The Morgan fingerprint density at radius 1 is 1.10 bits per heavy atom. The molecule has 0 aromatic heterocycles. The number of esters is 1. The van der Waals surface area contributed by atoms with Crippen LogP contribution in [0.4, 0.5) is 10.5 Å². The van der Waals surface area contributed by atoms with Crippen LogP contribution in [0.3, 0.4) is 0 Å². The van der Waals surface area contributed by atoms with E-state index in [4.69, 9.17) is 23.7 Å². The number of non-ortho nitro benzene ring substituents is 1. The number of hydrazone groups is 1. The predicted molar refractivity (Wildman–Crippen MR) is 177 cm³/mol. The Morgan fingerprint density at radius 2 is 1.88 bits per heavy atom. The molecule has 2 amide bonds. The van der Waals surface area contributed by atoms with Gasteiger partial charge in [-0.05, 0) is 65.2 Å². The summed E-state index contributed by atoms with van der Waals surface area (Å²) in [7, 11) is 2.74. The van der Waals surface area contributed by atoms with Crippen molar-refractivity contribution < 1.29 is 43.3 Å². The number of nitro groups is 1. The number of carbonyl (C=O) groups is 2. The quantitative estimate of drug-likeness (QED) is 0.0568. The van der Waals surface area contributed by atoms with Gasteiger partial charge in [-0.3, -0.25) is 15.5 Å². The van der Waals surface area contributed by atoms with Crippen LogP contribution in [0.5, 0.6) is 23.0 Å². The molecule has 1 heterocycles. The zero-order valence-corrected chi connectivity index (χ0v) is 28.0. The maximum atomic E-state index is 12.5. The number of aliphatic hydroxyl groups excluding tert-OH is 1. The number of halogens is 1. The third kappa shape index (κ3) is 8.92. The van der Waals surface area contributed by atoms with E-state index < -0.39 is 29.2 Å². The summed E-state index contributed by atoms with van der Waals surface area (Å²) in [6.07, 6.45) is 0.247. The lowest BCUT2D eigenvalue weighted by Crippen LogP contribution is -2.45. The summed E-state index contributed by atoms with van der Waals surface area (Å²) in [4.78, 5) is 35.2. The molecule has 48 heavy (non-hydrogen) atoms. The molecule has 0 aliphatic carbocycles. The molecule has 3 aromatic rings. The van der Waals surface area contributed by atoms with Crippen LogP contribution in [0.2, 0.25) is 0 Å². The normalized spacial score (nSPS) is 14.9. The van der Waals surface area contributed by atoms with E-state index in [0.29, 0.717) is 56.5 Å². The smallest absolute Gasteiger partial charge is 0.337 e. The molecule has 1 aliphatic heterocycles. The molecule has 0 saturated carbocycles. The molecule has 16 heteroatoms. The Morgan fingerprint density at radius 3 is 2.58 bits per heavy atom. The minimum Gasteiger partial charge on any atom is -0.493 e. The van der Waals surface area contributed by atoms with E-state index in [1.807, 2.05) is 0 Å². The van der Waals surface area contributed by atoms with E-state index >= 15 is 0 Å². The first-order chi connectivity index (χ1) is 23.0. The molecule has 0 spiro atoms. The molecule has 2 atom stereocenters. The minimum atomic E-state index is -1.21. The number of ether oxygens (including phenoxy) is 5. The number of methoxy groups -OCH3 is 2. The zero-order chi connectivity index (χ0) is 34.8. The summed E-state index contributed by atoms with van der Waals surface area (Å²) in [5.74, 6) is 0.865. The van der Waals surface area contributed by atoms with Gasteiger partial charge >= 0.3 is 12.0 Å². The first kappa shape index (κ1) is 35.5. The molecule has 0 saturated heterocycles. The Kier molecular flexibility index (Phi) is 12.2. The number of nitrogens with zero attached hydrogens (tertiary/aromatic N) is 2. The maximum absolute atomic E-state index is 12.5. The molecule has 254 valence electrons. The van der Waals surface area contributed by atoms with Crippen molar-refractivity contribution in [3.63, 3.8) is 0 Å². The summed E-state index contributed by atoms with van der Waals surface area (Å²) < 4.78 is 28.4. The highest BCUT2D eigenvalue weighted by Gasteiger charge is 2.32. The zero-order valence-electron chi connectivity index (χ0n) is 26.4. The third-order valence-electron chi connectivity index (χ3n) is 6.90. The van der Waals surface area contributed by atoms with Crippen LogP contribution in [-0.2, 0) is 16.1 Å². The number of nitrogens with one attached hydrogen (secondary N) is 3. The summed E-state index contributed by atoms with van der Waals surface area (Å²) >= 11 is 3.48. The van der Waals surface area contributed by atoms with E-state index in [1.54, 1.807) is 56.3 Å². The Labute approximate surface area is 284 Å². The standard InChI is InChI=1S/C32H34BrN5O10/c1-5-46-26-12-20(30-29(31(40)45-4)18(2)35-32(41)36-30)9-10-24(26)48-17-28(39)37-34-15-21-13-25(44-3)27(14-23(21)33)47-16-19-7-6-8-22(11-19)38(42)43/h6-15,28,30,37,39H,5,16-17H2,1-4H3,(H2,35,36,41)/b34-15-/t28-,30+/m1/s1. The first-order valence-corrected chi connectivity index (χ1v) is 15.3. The minimum absolute atomic E-state index is 0.0317. The molecular formula is C32H34BrN5O10. The Balaban J connectivity index is 1.39. The molecule has 1 aliphatic rings. The fourth-order valence-corrected chi connectivity index (χ4v) is 5.08. The molecule has 3 aromatic carbocycles. The number of benzene rings is 3. The van der Waals surface area contributed by atoms with Gasteiger partial charge in [-0.25, -0.2) is 9.59 Å². The first-order valence-electron chi connectivity index (χ1n) is 14.5. The van der Waals surface area contributed by atoms with Gasteiger partial charge in [0.2, 0.25) is 0 Å². The highest BCUT2D eigenvalue weighted by atomic mass is 79.9. The highest BCUT2D eigenvalue weighted by molar-refractivity contribution is 9.10. The maximum Gasteiger partial charge on any atom is 0.337 e. The lowest BCUT2D eigenvalue weighted by molar-refractivity contribution is -0.384. The number of urea groups is 1. The van der Waals surface area contributed by atoms with Gasteiger partial charge in [0.15, 0.2) is 29.2 Å². The van der Waals surface area contributed by atoms with Gasteiger partial charge in [0.1, 0.15) is 13.2 Å². The number of hydrogen-bond donors (Lipinski definition) is 4. The molecule has 0 fully saturated rings. The average Bonchev–Trinajstić information content (AvgIpc) is 3.07. The molecule has 4 rings (SSSR count). The lowest BCUT2D eigenvalue weighted by Gasteiger charge is -2.28. The summed E-state index contributed by atoms with van der Waals surface area (Å²) in [6.45, 7) is 3.59. The van der Waals surface area contributed by atoms with E-state index in [2.05, 4.69) is 37.1 Å². The largest absolute Gasteiger partial charge is 0.493 e. The SMILES string of the molecule is CCOc1cc([C@@H]2NC(=O)NC(C)=C2C(=O)OC)ccc1OC[C@@H](O)N/N=C\c1cc(OC)c(OCc2cccc([N+](=O)[O-])c2)cc1Br. The van der Waals surface area contributed by atoms with Crippen molar-refractivity contribution in [2.45, 2.75) is 32.7 Å². The Bertz CT molecular complexity index is 1730. The van der Waals surface area contributed by atoms with E-state index in [1.165, 1.54) is 32.6 Å². The number of hydrogen-bond acceptors (Lipinski definition) is 12. The fraction of sp³-hybridized carbons (Fsp3) is 0.281. The van der Waals surface area contributed by atoms with Crippen molar-refractivity contribution in [2.75, 3.05) is 27.4 Å². The summed E-state index contributed by atoms with van der Waals surface area (Å²) in [6, 6.07) is 13.2. The van der Waals surface area contributed by atoms with Crippen molar-refractivity contribution in [1.29, 1.82) is 0 Å². The molecule has 0 bridgehead atoms. The van der Waals surface area contributed by atoms with Crippen LogP contribution < -0.4 is 35.0 Å². The number of aliphatic hydroxyl groups is 1. The number of carbonyl (C=O) groups excluding carboxylic acids is 2. The van der Waals surface area contributed by atoms with E-state index in [0.717, 1.165) is 0 Å². The van der Waals surface area contributed by atoms with Gasteiger partial charge < -0.3 is 39.4 Å². The number of rotatable bonds is 15. The third-order valence-corrected chi connectivity index (χ3v) is 7.58. The molecule has 4 N–H and O–H groups in total. The van der Waals surface area contributed by atoms with Crippen molar-refractivity contribution in [3.8, 4) is 23.0 Å². The number of allylic oxidation sites excluding steroid dienone is 1. The highest BCUT2D eigenvalue weighted by Crippen LogP contribution is 2.36. The molecule has 0 radical (unpaired) electrons. The Hall–Kier alpha value is -5.35. The summed E-state index contributed by atoms with van der Waals surface area (Å²) in [5, 5.41) is 31.0. The predicted octanol–water partition coefficient (Wildman–Crippen LogP) is 4.47. The van der Waals surface area contributed by atoms with Crippen molar-refractivity contribution in [3.05, 3.63) is 97.1 Å². The van der Waals surface area contributed by atoms with Gasteiger partial charge in [0.05, 0.1) is 43.6 Å². The fourth-order valence-electron chi connectivity index (χ4n) is 4.66.